The molecule has 3 rings (SSSR count). The average molecular weight is 413 g/mol. The molecule has 0 spiro atoms. The number of aromatic nitrogens is 2. The van der Waals surface area contributed by atoms with Crippen LogP contribution in [-0.2, 0) is 10.0 Å². The van der Waals surface area contributed by atoms with Gasteiger partial charge in [0.05, 0.1) is 10.6 Å². The number of hydrogen-bond acceptors (Lipinski definition) is 6. The summed E-state index contributed by atoms with van der Waals surface area (Å²) >= 11 is 6.61. The summed E-state index contributed by atoms with van der Waals surface area (Å²) in [7, 11) is -4.02. The van der Waals surface area contributed by atoms with E-state index in [0.29, 0.717) is 11.3 Å². The van der Waals surface area contributed by atoms with E-state index in [2.05, 4.69) is 20.2 Å². The highest BCUT2D eigenvalue weighted by Gasteiger charge is 2.21. The molecule has 0 saturated carbocycles. The Kier molecular flexibility index (Phi) is 5.16. The SMILES string of the molecule is O=C(Nc1nnc(S(=O)(=O)Nc2ccc(F)cc2)s1)c1ccccc1Cl. The molecule has 26 heavy (non-hydrogen) atoms. The first-order chi connectivity index (χ1) is 12.3. The topological polar surface area (TPSA) is 101 Å². The Morgan fingerprint density at radius 2 is 1.77 bits per heavy atom. The van der Waals surface area contributed by atoms with Crippen molar-refractivity contribution in [2.24, 2.45) is 0 Å². The lowest BCUT2D eigenvalue weighted by Crippen LogP contribution is -2.12. The van der Waals surface area contributed by atoms with Gasteiger partial charge >= 0.3 is 0 Å². The smallest absolute Gasteiger partial charge is 0.291 e. The minimum absolute atomic E-state index is 0.00518. The highest BCUT2D eigenvalue weighted by molar-refractivity contribution is 7.94. The number of anilines is 2. The van der Waals surface area contributed by atoms with Crippen LogP contribution in [0.5, 0.6) is 0 Å². The third-order valence-electron chi connectivity index (χ3n) is 3.07. The third-order valence-corrected chi connectivity index (χ3v) is 5.99. The summed E-state index contributed by atoms with van der Waals surface area (Å²) in [5, 5.41) is 9.90. The summed E-state index contributed by atoms with van der Waals surface area (Å²) in [4.78, 5) is 12.2. The van der Waals surface area contributed by atoms with E-state index in [0.717, 1.165) is 12.1 Å². The van der Waals surface area contributed by atoms with Crippen molar-refractivity contribution < 1.29 is 17.6 Å². The average Bonchev–Trinajstić information content (AvgIpc) is 3.06. The number of halogens is 2. The maximum absolute atomic E-state index is 12.9. The lowest BCUT2D eigenvalue weighted by molar-refractivity contribution is 0.102. The second kappa shape index (κ2) is 7.36. The summed E-state index contributed by atoms with van der Waals surface area (Å²) in [6.45, 7) is 0. The van der Waals surface area contributed by atoms with Gasteiger partial charge in [-0.25, -0.2) is 4.39 Å². The number of benzene rings is 2. The zero-order valence-electron chi connectivity index (χ0n) is 12.8. The highest BCUT2D eigenvalue weighted by atomic mass is 35.5. The number of hydrogen-bond donors (Lipinski definition) is 2. The Balaban J connectivity index is 1.75. The first-order valence-electron chi connectivity index (χ1n) is 7.03. The fourth-order valence-corrected chi connectivity index (χ4v) is 4.07. The Labute approximate surface area is 156 Å². The molecule has 0 saturated heterocycles. The van der Waals surface area contributed by atoms with Crippen LogP contribution < -0.4 is 10.0 Å². The Morgan fingerprint density at radius 1 is 1.08 bits per heavy atom. The molecule has 0 aliphatic rings. The van der Waals surface area contributed by atoms with Gasteiger partial charge in [0.25, 0.3) is 20.3 Å². The first-order valence-corrected chi connectivity index (χ1v) is 9.71. The lowest BCUT2D eigenvalue weighted by atomic mass is 10.2. The predicted molar refractivity (Wildman–Crippen MR) is 96.5 cm³/mol. The molecule has 3 aromatic rings. The predicted octanol–water partition coefficient (Wildman–Crippen LogP) is 3.38. The number of carbonyl (C=O) groups is 1. The van der Waals surface area contributed by atoms with Gasteiger partial charge in [-0.1, -0.05) is 35.1 Å². The minimum atomic E-state index is -4.02. The van der Waals surface area contributed by atoms with Crippen LogP contribution >= 0.6 is 22.9 Å². The molecule has 1 heterocycles. The van der Waals surface area contributed by atoms with Gasteiger partial charge < -0.3 is 0 Å². The maximum Gasteiger partial charge on any atom is 0.291 e. The summed E-state index contributed by atoms with van der Waals surface area (Å²) < 4.78 is 39.3. The molecule has 1 amide bonds. The fraction of sp³-hybridized carbons (Fsp3) is 0. The third kappa shape index (κ3) is 4.15. The largest absolute Gasteiger partial charge is 0.296 e. The van der Waals surface area contributed by atoms with Crippen LogP contribution in [0.15, 0.2) is 52.9 Å². The van der Waals surface area contributed by atoms with Crippen molar-refractivity contribution in [1.29, 1.82) is 0 Å². The summed E-state index contributed by atoms with van der Waals surface area (Å²) in [6, 6.07) is 11.2. The molecule has 2 N–H and O–H groups in total. The standard InChI is InChI=1S/C15H10ClFN4O3S2/c16-12-4-2-1-3-11(12)13(22)18-14-19-20-15(25-14)26(23,24)21-10-7-5-9(17)6-8-10/h1-8,21H,(H,18,19,22). The number of amides is 1. The molecule has 0 aliphatic heterocycles. The Bertz CT molecular complexity index is 1050. The Morgan fingerprint density at radius 3 is 2.46 bits per heavy atom. The maximum atomic E-state index is 12.9. The summed E-state index contributed by atoms with van der Waals surface area (Å²) in [6.07, 6.45) is 0. The highest BCUT2D eigenvalue weighted by Crippen LogP contribution is 2.24. The van der Waals surface area contributed by atoms with Crippen molar-refractivity contribution in [1.82, 2.24) is 10.2 Å². The molecule has 1 aromatic heterocycles. The Hall–Kier alpha value is -2.56. The van der Waals surface area contributed by atoms with Gasteiger partial charge in [-0.3, -0.25) is 14.8 Å². The van der Waals surface area contributed by atoms with E-state index >= 15 is 0 Å². The van der Waals surface area contributed by atoms with Crippen LogP contribution in [0.3, 0.4) is 0 Å². The molecular weight excluding hydrogens is 403 g/mol. The monoisotopic (exact) mass is 412 g/mol. The van der Waals surface area contributed by atoms with Crippen molar-refractivity contribution in [3.8, 4) is 0 Å². The van der Waals surface area contributed by atoms with Gasteiger partial charge in [-0.15, -0.1) is 10.2 Å². The van der Waals surface area contributed by atoms with Crippen molar-refractivity contribution in [2.45, 2.75) is 4.34 Å². The molecule has 0 atom stereocenters. The van der Waals surface area contributed by atoms with Crippen LogP contribution in [0.1, 0.15) is 10.4 Å². The van der Waals surface area contributed by atoms with E-state index in [1.807, 2.05) is 0 Å². The zero-order valence-corrected chi connectivity index (χ0v) is 15.2. The molecule has 0 fully saturated rings. The van der Waals surface area contributed by atoms with Crippen LogP contribution in [0, 0.1) is 5.82 Å². The van der Waals surface area contributed by atoms with E-state index < -0.39 is 21.7 Å². The van der Waals surface area contributed by atoms with Gasteiger partial charge in [0, 0.05) is 5.69 Å². The van der Waals surface area contributed by atoms with E-state index in [9.17, 15) is 17.6 Å². The molecule has 0 aliphatic carbocycles. The molecule has 0 radical (unpaired) electrons. The summed E-state index contributed by atoms with van der Waals surface area (Å²) in [5.41, 5.74) is 0.390. The van der Waals surface area contributed by atoms with Crippen molar-refractivity contribution in [3.05, 3.63) is 64.9 Å². The molecule has 0 unspecified atom stereocenters. The van der Waals surface area contributed by atoms with Crippen LogP contribution in [-0.4, -0.2) is 24.5 Å². The number of nitrogens with zero attached hydrogens (tertiary/aromatic N) is 2. The van der Waals surface area contributed by atoms with Crippen molar-refractivity contribution in [2.75, 3.05) is 10.0 Å². The quantitative estimate of drug-likeness (QED) is 0.625. The molecular formula is C15H10ClFN4O3S2. The van der Waals surface area contributed by atoms with E-state index in [-0.39, 0.29) is 25.7 Å². The van der Waals surface area contributed by atoms with E-state index in [4.69, 9.17) is 11.6 Å². The number of rotatable bonds is 5. The lowest BCUT2D eigenvalue weighted by Gasteiger charge is -2.04. The normalized spacial score (nSPS) is 11.2. The first kappa shape index (κ1) is 18.2. The number of sulfonamides is 1. The summed E-state index contributed by atoms with van der Waals surface area (Å²) in [5.74, 6) is -1.03. The van der Waals surface area contributed by atoms with Gasteiger partial charge in [-0.2, -0.15) is 8.42 Å². The second-order valence-electron chi connectivity index (χ2n) is 4.92. The molecule has 11 heteroatoms. The fourth-order valence-electron chi connectivity index (χ4n) is 1.90. The molecule has 2 aromatic carbocycles. The zero-order chi connectivity index (χ0) is 18.7. The van der Waals surface area contributed by atoms with Crippen LogP contribution in [0.4, 0.5) is 15.2 Å². The number of nitrogens with one attached hydrogen (secondary N) is 2. The van der Waals surface area contributed by atoms with E-state index in [1.165, 1.54) is 18.2 Å². The number of carbonyl (C=O) groups excluding carboxylic acids is 1. The minimum Gasteiger partial charge on any atom is -0.296 e. The van der Waals surface area contributed by atoms with Gasteiger partial charge in [0.15, 0.2) is 0 Å². The van der Waals surface area contributed by atoms with E-state index in [1.54, 1.807) is 18.2 Å². The second-order valence-corrected chi connectivity index (χ2v) is 8.16. The van der Waals surface area contributed by atoms with Crippen molar-refractivity contribution in [3.63, 3.8) is 0 Å². The van der Waals surface area contributed by atoms with Crippen LogP contribution in [0.2, 0.25) is 5.02 Å². The molecule has 0 bridgehead atoms. The van der Waals surface area contributed by atoms with Gasteiger partial charge in [0.1, 0.15) is 5.82 Å². The van der Waals surface area contributed by atoms with Crippen LogP contribution in [0.25, 0.3) is 0 Å². The van der Waals surface area contributed by atoms with Crippen molar-refractivity contribution >= 4 is 49.7 Å². The van der Waals surface area contributed by atoms with Gasteiger partial charge in [0.2, 0.25) is 5.13 Å². The molecule has 7 nitrogen and oxygen atoms in total. The molecule has 134 valence electrons. The van der Waals surface area contributed by atoms with Gasteiger partial charge in [-0.05, 0) is 36.4 Å².